The molecule has 0 N–H and O–H groups in total. The molecule has 0 aliphatic heterocycles. The number of aromatic nitrogens is 2. The summed E-state index contributed by atoms with van der Waals surface area (Å²) in [6.45, 7) is 20.8. The van der Waals surface area contributed by atoms with E-state index >= 15 is 0 Å². The Balaban J connectivity index is 0. The molecule has 2 aromatic rings. The maximum Gasteiger partial charge on any atom is 0.356 e. The number of ether oxygens (including phenoxy) is 2. The molecule has 0 fully saturated rings. The van der Waals surface area contributed by atoms with Crippen molar-refractivity contribution in [3.05, 3.63) is 52.4 Å². The number of methoxy groups -OCH3 is 2. The Morgan fingerprint density at radius 2 is 0.783 bits per heavy atom. The van der Waals surface area contributed by atoms with Crippen molar-refractivity contribution in [3.8, 4) is 0 Å². The minimum Gasteiger partial charge on any atom is -0.464 e. The van der Waals surface area contributed by atoms with E-state index in [1.54, 1.807) is 50.9 Å². The quantitative estimate of drug-likeness (QED) is 0.0441. The first kappa shape index (κ1) is 62.2. The van der Waals surface area contributed by atoms with Gasteiger partial charge >= 0.3 is 337 Å². The van der Waals surface area contributed by atoms with E-state index in [1.807, 2.05) is 6.07 Å². The number of unbranched alkanes of at least 4 members (excludes halogenated alkanes) is 9. The van der Waals surface area contributed by atoms with Crippen LogP contribution in [0, 0.1) is 0 Å². The van der Waals surface area contributed by atoms with Gasteiger partial charge < -0.3 is 4.74 Å². The van der Waals surface area contributed by atoms with Gasteiger partial charge in [-0.15, -0.1) is 0 Å². The zero-order valence-electron chi connectivity index (χ0n) is 41.0. The normalized spacial score (nSPS) is 10.9. The molecule has 0 saturated carbocycles. The fourth-order valence-electron chi connectivity index (χ4n) is 7.19. The summed E-state index contributed by atoms with van der Waals surface area (Å²) in [5.74, 6) is -0.736. The van der Waals surface area contributed by atoms with Gasteiger partial charge in [0, 0.05) is 0 Å². The number of carbonyl (C=O) groups is 2. The van der Waals surface area contributed by atoms with Crippen molar-refractivity contribution in [3.63, 3.8) is 0 Å². The van der Waals surface area contributed by atoms with Crippen LogP contribution in [-0.2, 0) is 9.47 Å². The number of hydrogen-bond donors (Lipinski definition) is 0. The molecule has 2 aromatic heterocycles. The molecule has 0 atom stereocenters. The van der Waals surface area contributed by atoms with Crippen LogP contribution in [0.1, 0.15) is 199 Å². The zero-order chi connectivity index (χ0) is 45.3. The van der Waals surface area contributed by atoms with Crippen LogP contribution < -0.4 is 3.71 Å². The van der Waals surface area contributed by atoms with Gasteiger partial charge in [-0.3, -0.25) is 0 Å². The first-order valence-electron chi connectivity index (χ1n) is 24.5. The Hall–Kier alpha value is 0.116. The molecule has 60 heavy (non-hydrogen) atoms. The summed E-state index contributed by atoms with van der Waals surface area (Å²) in [6.07, 6.45) is 25.3. The second kappa shape index (κ2) is 44.3. The Kier molecular flexibility index (Phi) is 46.0. The van der Waals surface area contributed by atoms with Crippen LogP contribution in [0.15, 0.2) is 41.0 Å². The zero-order valence-corrected chi connectivity index (χ0v) is 51.1. The van der Waals surface area contributed by atoms with Gasteiger partial charge in [-0.05, 0) is 28.1 Å². The van der Waals surface area contributed by atoms with Gasteiger partial charge in [-0.1, -0.05) is 6.07 Å². The second-order valence-corrected chi connectivity index (χ2v) is 47.4. The van der Waals surface area contributed by atoms with Crippen molar-refractivity contribution in [2.75, 3.05) is 14.2 Å². The van der Waals surface area contributed by atoms with Crippen molar-refractivity contribution < 1.29 is 19.1 Å². The topological polar surface area (TPSA) is 78.4 Å². The van der Waals surface area contributed by atoms with Crippen LogP contribution in [0.5, 0.6) is 0 Å². The molecule has 346 valence electrons. The summed E-state index contributed by atoms with van der Waals surface area (Å²) < 4.78 is 25.4. The summed E-state index contributed by atoms with van der Waals surface area (Å²) in [5.41, 5.74) is 0.789. The van der Waals surface area contributed by atoms with Crippen molar-refractivity contribution in [1.82, 2.24) is 9.97 Å². The Morgan fingerprint density at radius 1 is 0.483 bits per heavy atom. The number of esters is 2. The van der Waals surface area contributed by atoms with Gasteiger partial charge in [0.25, 0.3) is 0 Å². The SMILES string of the molecule is CCC[CH2][Sn]([CH2]CCC)([CH2]CCC)[c]1cccc(C(=O)OC)n1.CCC[CH2][Sn]([CH2]CCC)[CH2]CCC.CCC[CH2][Sn]([CH2]CCC)[CH2]CCC.COC(=O)c1cccc(Br)n1. The third-order valence-electron chi connectivity index (χ3n) is 11.1. The van der Waals surface area contributed by atoms with E-state index in [2.05, 4.69) is 94.0 Å². The molecule has 2 rings (SSSR count). The monoisotopic (exact) mass is 1220 g/mol. The molecule has 0 bridgehead atoms. The number of rotatable bonds is 30. The molecular weight excluding hydrogens is 1130 g/mol. The van der Waals surface area contributed by atoms with Crippen molar-refractivity contribution in [1.29, 1.82) is 0 Å². The number of carbonyl (C=O) groups excluding carboxylic acids is 2. The van der Waals surface area contributed by atoms with Gasteiger partial charge in [-0.2, -0.15) is 0 Å². The second-order valence-electron chi connectivity index (χ2n) is 16.4. The van der Waals surface area contributed by atoms with Crippen LogP contribution >= 0.6 is 15.9 Å². The number of hydrogen-bond acceptors (Lipinski definition) is 6. The van der Waals surface area contributed by atoms with E-state index in [9.17, 15) is 9.59 Å². The van der Waals surface area contributed by atoms with E-state index in [1.165, 1.54) is 147 Å². The van der Waals surface area contributed by atoms with Crippen molar-refractivity contribution >= 4 is 89.5 Å². The molecule has 0 unspecified atom stereocenters. The van der Waals surface area contributed by atoms with Crippen molar-refractivity contribution in [2.24, 2.45) is 0 Å². The summed E-state index contributed by atoms with van der Waals surface area (Å²) in [6, 6.07) is 11.0. The summed E-state index contributed by atoms with van der Waals surface area (Å²) in [5, 5.41) is 0. The minimum absolute atomic E-state index is 0.307. The average molecular weight is 1220 g/mol. The fourth-order valence-corrected chi connectivity index (χ4v) is 41.9. The molecule has 2 radical (unpaired) electrons. The van der Waals surface area contributed by atoms with Gasteiger partial charge in [-0.25, -0.2) is 9.78 Å². The smallest absolute Gasteiger partial charge is 0.356 e. The summed E-state index contributed by atoms with van der Waals surface area (Å²) in [7, 11) is 2.75. The third-order valence-corrected chi connectivity index (χ3v) is 44.9. The predicted molar refractivity (Wildman–Crippen MR) is 273 cm³/mol. The molecular formula is C50H93BrN2O4Sn3. The third kappa shape index (κ3) is 31.9. The first-order valence-corrected chi connectivity index (χ1v) is 44.9. The predicted octanol–water partition coefficient (Wildman–Crippen LogP) is 16.3. The molecule has 10 heteroatoms. The maximum absolute atomic E-state index is 11.9. The van der Waals surface area contributed by atoms with Crippen LogP contribution in [0.25, 0.3) is 0 Å². The molecule has 0 aromatic carbocycles. The van der Waals surface area contributed by atoms with Crippen molar-refractivity contribution in [2.45, 2.75) is 218 Å². The Morgan fingerprint density at radius 3 is 1.07 bits per heavy atom. The first-order chi connectivity index (χ1) is 29.1. The summed E-state index contributed by atoms with van der Waals surface area (Å²) >= 11 is -1.08. The van der Waals surface area contributed by atoms with Crippen LogP contribution in [0.2, 0.25) is 39.9 Å². The Bertz CT molecular complexity index is 1200. The average Bonchev–Trinajstić information content (AvgIpc) is 3.28. The largest absolute Gasteiger partial charge is 0.464 e. The number of pyridine rings is 2. The van der Waals surface area contributed by atoms with Crippen LogP contribution in [0.3, 0.4) is 0 Å². The molecule has 0 saturated heterocycles. The molecule has 6 nitrogen and oxygen atoms in total. The summed E-state index contributed by atoms with van der Waals surface area (Å²) in [4.78, 5) is 31.4. The standard InChI is InChI=1S/C7H6BrNO2.C7H6NO2.9C4H9.3Sn/c1-11-7(10)5-3-2-4-6(8)9-5;1-10-7(9)6-4-2-3-5-8-6;9*1-3-4-2;;;/h2-4H,1H3;2-4H,1H3;9*1,3-4H2,2H3;;;. The molecule has 0 aliphatic carbocycles. The minimum atomic E-state index is -2.54. The van der Waals surface area contributed by atoms with Gasteiger partial charge in [0.15, 0.2) is 0 Å². The number of nitrogens with zero attached hydrogens (tertiary/aromatic N) is 2. The van der Waals surface area contributed by atoms with Crippen LogP contribution in [0.4, 0.5) is 0 Å². The maximum atomic E-state index is 11.9. The molecule has 2 heterocycles. The van der Waals surface area contributed by atoms with Gasteiger partial charge in [0.1, 0.15) is 10.3 Å². The van der Waals surface area contributed by atoms with E-state index in [-0.39, 0.29) is 5.97 Å². The molecule has 0 amide bonds. The Labute approximate surface area is 399 Å². The molecule has 0 aliphatic rings. The fraction of sp³-hybridized carbons (Fsp3) is 0.760. The van der Waals surface area contributed by atoms with E-state index in [4.69, 9.17) is 9.72 Å². The van der Waals surface area contributed by atoms with Gasteiger partial charge in [0.05, 0.1) is 7.11 Å². The van der Waals surface area contributed by atoms with Gasteiger partial charge in [0.2, 0.25) is 0 Å². The van der Waals surface area contributed by atoms with E-state index in [0.717, 1.165) is 0 Å². The van der Waals surface area contributed by atoms with Crippen LogP contribution in [-0.4, -0.2) is 94.0 Å². The van der Waals surface area contributed by atoms with E-state index < -0.39 is 63.9 Å². The number of halogens is 1. The molecule has 0 spiro atoms. The van der Waals surface area contributed by atoms with E-state index in [0.29, 0.717) is 16.0 Å².